The summed E-state index contributed by atoms with van der Waals surface area (Å²) in [4.78, 5) is 15.5. The SMILES string of the molecule is C=C(Nn1ccnc1C(=O)OCC)OC(C)(C)C. The van der Waals surface area contributed by atoms with Crippen LogP contribution in [0.5, 0.6) is 0 Å². The average molecular weight is 253 g/mol. The van der Waals surface area contributed by atoms with Gasteiger partial charge < -0.3 is 9.47 Å². The maximum absolute atomic E-state index is 11.6. The molecule has 6 heteroatoms. The van der Waals surface area contributed by atoms with Crippen LogP contribution in [-0.4, -0.2) is 27.8 Å². The number of nitrogens with zero attached hydrogens (tertiary/aromatic N) is 2. The van der Waals surface area contributed by atoms with Crippen molar-refractivity contribution in [2.24, 2.45) is 0 Å². The molecule has 0 spiro atoms. The smallest absolute Gasteiger partial charge is 0.376 e. The number of ether oxygens (including phenoxy) is 2. The lowest BCUT2D eigenvalue weighted by atomic mass is 10.2. The van der Waals surface area contributed by atoms with E-state index in [4.69, 9.17) is 9.47 Å². The van der Waals surface area contributed by atoms with Crippen LogP contribution in [0.3, 0.4) is 0 Å². The molecule has 0 amide bonds. The van der Waals surface area contributed by atoms with Crippen LogP contribution in [0.4, 0.5) is 0 Å². The first-order valence-corrected chi connectivity index (χ1v) is 5.69. The van der Waals surface area contributed by atoms with E-state index in [1.807, 2.05) is 20.8 Å². The molecule has 0 bridgehead atoms. The number of carbonyl (C=O) groups excluding carboxylic acids is 1. The van der Waals surface area contributed by atoms with Crippen molar-refractivity contribution in [3.63, 3.8) is 0 Å². The van der Waals surface area contributed by atoms with Crippen LogP contribution in [0.1, 0.15) is 38.3 Å². The molecule has 0 fully saturated rings. The Morgan fingerprint density at radius 3 is 2.78 bits per heavy atom. The van der Waals surface area contributed by atoms with Gasteiger partial charge in [0.15, 0.2) is 5.88 Å². The van der Waals surface area contributed by atoms with Crippen LogP contribution in [0.2, 0.25) is 0 Å². The largest absolute Gasteiger partial charge is 0.473 e. The van der Waals surface area contributed by atoms with Crippen LogP contribution in [0.25, 0.3) is 0 Å². The highest BCUT2D eigenvalue weighted by molar-refractivity contribution is 5.85. The summed E-state index contributed by atoms with van der Waals surface area (Å²) in [5.41, 5.74) is 2.46. The molecule has 18 heavy (non-hydrogen) atoms. The van der Waals surface area contributed by atoms with Crippen molar-refractivity contribution in [1.29, 1.82) is 0 Å². The van der Waals surface area contributed by atoms with Crippen molar-refractivity contribution in [2.45, 2.75) is 33.3 Å². The highest BCUT2D eigenvalue weighted by Crippen LogP contribution is 2.11. The second-order valence-electron chi connectivity index (χ2n) is 4.59. The summed E-state index contributed by atoms with van der Waals surface area (Å²) in [5.74, 6) is -0.0277. The molecule has 0 saturated heterocycles. The molecule has 0 aliphatic heterocycles. The second-order valence-corrected chi connectivity index (χ2v) is 4.59. The molecule has 0 aliphatic carbocycles. The Morgan fingerprint density at radius 2 is 2.22 bits per heavy atom. The third kappa shape index (κ3) is 4.12. The lowest BCUT2D eigenvalue weighted by molar-refractivity contribution is 0.0492. The van der Waals surface area contributed by atoms with Gasteiger partial charge in [-0.25, -0.2) is 14.5 Å². The minimum absolute atomic E-state index is 0.149. The van der Waals surface area contributed by atoms with Crippen LogP contribution in [-0.2, 0) is 9.47 Å². The van der Waals surface area contributed by atoms with Crippen LogP contribution in [0.15, 0.2) is 24.9 Å². The molecule has 1 N–H and O–H groups in total. The maximum Gasteiger partial charge on any atom is 0.376 e. The van der Waals surface area contributed by atoms with Gasteiger partial charge in [-0.2, -0.15) is 0 Å². The normalized spacial score (nSPS) is 10.9. The number of aromatic nitrogens is 2. The summed E-state index contributed by atoms with van der Waals surface area (Å²) in [6.07, 6.45) is 3.08. The Balaban J connectivity index is 2.71. The number of carbonyl (C=O) groups is 1. The van der Waals surface area contributed by atoms with Crippen molar-refractivity contribution in [2.75, 3.05) is 12.0 Å². The molecule has 6 nitrogen and oxygen atoms in total. The van der Waals surface area contributed by atoms with Crippen molar-refractivity contribution >= 4 is 5.97 Å². The molecule has 0 atom stereocenters. The van der Waals surface area contributed by atoms with Gasteiger partial charge in [0.2, 0.25) is 5.82 Å². The highest BCUT2D eigenvalue weighted by atomic mass is 16.5. The van der Waals surface area contributed by atoms with E-state index in [9.17, 15) is 4.79 Å². The van der Waals surface area contributed by atoms with Crippen molar-refractivity contribution < 1.29 is 14.3 Å². The van der Waals surface area contributed by atoms with E-state index in [0.717, 1.165) is 0 Å². The lowest BCUT2D eigenvalue weighted by Crippen LogP contribution is -2.26. The van der Waals surface area contributed by atoms with Gasteiger partial charge in [-0.3, -0.25) is 5.43 Å². The topological polar surface area (TPSA) is 65.4 Å². The molecule has 1 aromatic rings. The second kappa shape index (κ2) is 5.57. The average Bonchev–Trinajstić information content (AvgIpc) is 2.62. The first-order valence-electron chi connectivity index (χ1n) is 5.69. The third-order valence-electron chi connectivity index (χ3n) is 1.77. The number of imidazole rings is 1. The van der Waals surface area contributed by atoms with E-state index in [1.165, 1.54) is 10.9 Å². The minimum atomic E-state index is -0.501. The molecule has 0 aromatic carbocycles. The first kappa shape index (κ1) is 14.1. The van der Waals surface area contributed by atoms with Gasteiger partial charge in [-0.05, 0) is 34.3 Å². The standard InChI is InChI=1S/C12H19N3O3/c1-6-17-11(16)10-13-7-8-15(10)14-9(2)18-12(3,4)5/h7-8,14H,2,6H2,1,3-5H3. The van der Waals surface area contributed by atoms with Crippen LogP contribution in [0, 0.1) is 0 Å². The van der Waals surface area contributed by atoms with Gasteiger partial charge in [-0.1, -0.05) is 0 Å². The summed E-state index contributed by atoms with van der Waals surface area (Å²) in [7, 11) is 0. The Kier molecular flexibility index (Phi) is 4.36. The monoisotopic (exact) mass is 253 g/mol. The summed E-state index contributed by atoms with van der Waals surface area (Å²) in [6, 6.07) is 0. The van der Waals surface area contributed by atoms with Crippen LogP contribution >= 0.6 is 0 Å². The van der Waals surface area contributed by atoms with E-state index in [0.29, 0.717) is 12.5 Å². The molecule has 0 aliphatic rings. The van der Waals surface area contributed by atoms with Gasteiger partial charge in [0.25, 0.3) is 0 Å². The van der Waals surface area contributed by atoms with Gasteiger partial charge in [-0.15, -0.1) is 0 Å². The fourth-order valence-electron chi connectivity index (χ4n) is 1.27. The fraction of sp³-hybridized carbons (Fsp3) is 0.500. The summed E-state index contributed by atoms with van der Waals surface area (Å²) < 4.78 is 11.8. The Labute approximate surface area is 107 Å². The molecule has 1 aromatic heterocycles. The zero-order valence-corrected chi connectivity index (χ0v) is 11.2. The first-order chi connectivity index (χ1) is 8.33. The van der Waals surface area contributed by atoms with Gasteiger partial charge >= 0.3 is 5.97 Å². The number of nitrogens with one attached hydrogen (secondary N) is 1. The Morgan fingerprint density at radius 1 is 1.56 bits per heavy atom. The molecule has 1 heterocycles. The summed E-state index contributed by atoms with van der Waals surface area (Å²) in [6.45, 7) is 11.5. The minimum Gasteiger partial charge on any atom is -0.473 e. The molecule has 0 saturated carbocycles. The van der Waals surface area contributed by atoms with Gasteiger partial charge in [0.05, 0.1) is 6.61 Å². The van der Waals surface area contributed by atoms with Crippen molar-refractivity contribution in [3.05, 3.63) is 30.7 Å². The molecular weight excluding hydrogens is 234 g/mol. The van der Waals surface area contributed by atoms with E-state index < -0.39 is 5.97 Å². The predicted octanol–water partition coefficient (Wildman–Crippen LogP) is 1.89. The summed E-state index contributed by atoms with van der Waals surface area (Å²) >= 11 is 0. The zero-order valence-electron chi connectivity index (χ0n) is 11.2. The quantitative estimate of drug-likeness (QED) is 0.641. The molecule has 0 unspecified atom stereocenters. The number of esters is 1. The maximum atomic E-state index is 11.6. The number of hydrogen-bond acceptors (Lipinski definition) is 5. The van der Waals surface area contributed by atoms with E-state index in [2.05, 4.69) is 17.0 Å². The van der Waals surface area contributed by atoms with E-state index >= 15 is 0 Å². The van der Waals surface area contributed by atoms with Gasteiger partial charge in [0.1, 0.15) is 5.60 Å². The third-order valence-corrected chi connectivity index (χ3v) is 1.77. The lowest BCUT2D eigenvalue weighted by Gasteiger charge is -2.23. The molecular formula is C12H19N3O3. The Bertz CT molecular complexity index is 432. The van der Waals surface area contributed by atoms with Crippen molar-refractivity contribution in [1.82, 2.24) is 9.66 Å². The molecule has 0 radical (unpaired) electrons. The molecule has 1 rings (SSSR count). The fourth-order valence-corrected chi connectivity index (χ4v) is 1.27. The number of rotatable bonds is 5. The predicted molar refractivity (Wildman–Crippen MR) is 67.5 cm³/mol. The van der Waals surface area contributed by atoms with E-state index in [-0.39, 0.29) is 11.4 Å². The van der Waals surface area contributed by atoms with Crippen LogP contribution < -0.4 is 5.43 Å². The number of hydrogen-bond donors (Lipinski definition) is 1. The summed E-state index contributed by atoms with van der Waals surface area (Å²) in [5, 5.41) is 0. The van der Waals surface area contributed by atoms with E-state index in [1.54, 1.807) is 13.1 Å². The van der Waals surface area contributed by atoms with Gasteiger partial charge in [0, 0.05) is 12.4 Å². The zero-order chi connectivity index (χ0) is 13.8. The highest BCUT2D eigenvalue weighted by Gasteiger charge is 2.16. The van der Waals surface area contributed by atoms with Crippen molar-refractivity contribution in [3.8, 4) is 0 Å². The molecule has 100 valence electrons. The Hall–Kier alpha value is -1.98.